The molecule has 1 nitrogen and oxygen atoms in total. The standard InChI is InChI=1S/C17H19F2N/c1-11-8-15(17(19)10-16(11)18)14-6-4-13(5-7-14)9-12(2)20-3/h4-8,10,12,20H,9H2,1-3H3. The van der Waals surface area contributed by atoms with Crippen LogP contribution in [-0.4, -0.2) is 13.1 Å². The lowest BCUT2D eigenvalue weighted by Gasteiger charge is -2.11. The molecule has 0 fully saturated rings. The summed E-state index contributed by atoms with van der Waals surface area (Å²) in [4.78, 5) is 0. The van der Waals surface area contributed by atoms with Gasteiger partial charge in [-0.1, -0.05) is 24.3 Å². The Morgan fingerprint density at radius 2 is 1.70 bits per heavy atom. The fraction of sp³-hybridized carbons (Fsp3) is 0.294. The average molecular weight is 275 g/mol. The summed E-state index contributed by atoms with van der Waals surface area (Å²) in [6.07, 6.45) is 0.918. The van der Waals surface area contributed by atoms with E-state index in [2.05, 4.69) is 12.2 Å². The molecule has 2 rings (SSSR count). The summed E-state index contributed by atoms with van der Waals surface area (Å²) in [5.74, 6) is -1.03. The summed E-state index contributed by atoms with van der Waals surface area (Å²) >= 11 is 0. The number of nitrogens with one attached hydrogen (secondary N) is 1. The molecule has 0 aliphatic carbocycles. The van der Waals surface area contributed by atoms with Gasteiger partial charge in [0, 0.05) is 17.7 Å². The largest absolute Gasteiger partial charge is 0.317 e. The van der Waals surface area contributed by atoms with Crippen molar-refractivity contribution in [3.63, 3.8) is 0 Å². The second-order valence-corrected chi connectivity index (χ2v) is 5.17. The van der Waals surface area contributed by atoms with Crippen LogP contribution in [0.3, 0.4) is 0 Å². The minimum absolute atomic E-state index is 0.394. The summed E-state index contributed by atoms with van der Waals surface area (Å²) in [5, 5.41) is 3.18. The van der Waals surface area contributed by atoms with Crippen LogP contribution in [0, 0.1) is 18.6 Å². The van der Waals surface area contributed by atoms with Gasteiger partial charge in [0.2, 0.25) is 0 Å². The predicted octanol–water partition coefficient (Wildman–Crippen LogP) is 4.09. The molecule has 0 aliphatic heterocycles. The zero-order chi connectivity index (χ0) is 14.7. The van der Waals surface area contributed by atoms with Crippen molar-refractivity contribution < 1.29 is 8.78 Å². The topological polar surface area (TPSA) is 12.0 Å². The first-order valence-electron chi connectivity index (χ1n) is 6.73. The molecule has 106 valence electrons. The van der Waals surface area contributed by atoms with Crippen molar-refractivity contribution in [1.29, 1.82) is 0 Å². The van der Waals surface area contributed by atoms with Gasteiger partial charge in [-0.05, 0) is 50.1 Å². The number of benzene rings is 2. The molecule has 0 amide bonds. The molecule has 0 heterocycles. The number of hydrogen-bond donors (Lipinski definition) is 1. The number of rotatable bonds is 4. The fourth-order valence-electron chi connectivity index (χ4n) is 2.15. The maximum atomic E-state index is 13.8. The Labute approximate surface area is 118 Å². The quantitative estimate of drug-likeness (QED) is 0.886. The minimum atomic E-state index is -0.524. The number of halogens is 2. The maximum Gasteiger partial charge on any atom is 0.133 e. The van der Waals surface area contributed by atoms with Gasteiger partial charge in [-0.25, -0.2) is 8.78 Å². The summed E-state index contributed by atoms with van der Waals surface area (Å²) in [6.45, 7) is 3.75. The van der Waals surface area contributed by atoms with E-state index in [1.165, 1.54) is 5.56 Å². The van der Waals surface area contributed by atoms with E-state index in [1.807, 2.05) is 31.3 Å². The van der Waals surface area contributed by atoms with Crippen LogP contribution in [0.4, 0.5) is 8.78 Å². The van der Waals surface area contributed by atoms with E-state index in [0.717, 1.165) is 18.1 Å². The second kappa shape index (κ2) is 6.14. The van der Waals surface area contributed by atoms with Gasteiger partial charge in [0.05, 0.1) is 0 Å². The molecule has 0 spiro atoms. The van der Waals surface area contributed by atoms with E-state index in [1.54, 1.807) is 13.0 Å². The highest BCUT2D eigenvalue weighted by Crippen LogP contribution is 2.26. The van der Waals surface area contributed by atoms with Crippen molar-refractivity contribution in [2.24, 2.45) is 0 Å². The molecule has 1 N–H and O–H groups in total. The van der Waals surface area contributed by atoms with Crippen LogP contribution < -0.4 is 5.32 Å². The van der Waals surface area contributed by atoms with Gasteiger partial charge < -0.3 is 5.32 Å². The van der Waals surface area contributed by atoms with E-state index >= 15 is 0 Å². The van der Waals surface area contributed by atoms with E-state index in [9.17, 15) is 8.78 Å². The predicted molar refractivity (Wildman–Crippen MR) is 78.8 cm³/mol. The highest BCUT2D eigenvalue weighted by molar-refractivity contribution is 5.65. The van der Waals surface area contributed by atoms with Crippen LogP contribution >= 0.6 is 0 Å². The molecule has 0 aromatic heterocycles. The highest BCUT2D eigenvalue weighted by atomic mass is 19.1. The third-order valence-corrected chi connectivity index (χ3v) is 3.55. The van der Waals surface area contributed by atoms with Crippen LogP contribution in [0.5, 0.6) is 0 Å². The van der Waals surface area contributed by atoms with Gasteiger partial charge in [-0.15, -0.1) is 0 Å². The Hall–Kier alpha value is -1.74. The van der Waals surface area contributed by atoms with Gasteiger partial charge in [0.15, 0.2) is 0 Å². The van der Waals surface area contributed by atoms with Gasteiger partial charge >= 0.3 is 0 Å². The zero-order valence-corrected chi connectivity index (χ0v) is 12.0. The Bertz CT molecular complexity index is 591. The Kier molecular flexibility index (Phi) is 4.50. The number of hydrogen-bond acceptors (Lipinski definition) is 1. The molecular weight excluding hydrogens is 256 g/mol. The first-order valence-corrected chi connectivity index (χ1v) is 6.73. The minimum Gasteiger partial charge on any atom is -0.317 e. The summed E-state index contributed by atoms with van der Waals surface area (Å²) in [7, 11) is 1.93. The molecular formula is C17H19F2N. The van der Waals surface area contributed by atoms with Crippen LogP contribution in [0.1, 0.15) is 18.1 Å². The van der Waals surface area contributed by atoms with E-state index in [4.69, 9.17) is 0 Å². The molecule has 1 unspecified atom stereocenters. The smallest absolute Gasteiger partial charge is 0.133 e. The van der Waals surface area contributed by atoms with Crippen molar-refractivity contribution in [1.82, 2.24) is 5.32 Å². The SMILES string of the molecule is CNC(C)Cc1ccc(-c2cc(C)c(F)cc2F)cc1. The van der Waals surface area contributed by atoms with Crippen molar-refractivity contribution >= 4 is 0 Å². The van der Waals surface area contributed by atoms with Crippen LogP contribution in [0.15, 0.2) is 36.4 Å². The fourth-order valence-corrected chi connectivity index (χ4v) is 2.15. The molecule has 0 saturated heterocycles. The molecule has 0 radical (unpaired) electrons. The Morgan fingerprint density at radius 1 is 1.05 bits per heavy atom. The van der Waals surface area contributed by atoms with Crippen LogP contribution in [-0.2, 0) is 6.42 Å². The summed E-state index contributed by atoms with van der Waals surface area (Å²) in [5.41, 5.74) is 2.85. The summed E-state index contributed by atoms with van der Waals surface area (Å²) in [6, 6.07) is 10.6. The molecule has 20 heavy (non-hydrogen) atoms. The first-order chi connectivity index (χ1) is 9.51. The van der Waals surface area contributed by atoms with Gasteiger partial charge in [-0.3, -0.25) is 0 Å². The third-order valence-electron chi connectivity index (χ3n) is 3.55. The van der Waals surface area contributed by atoms with Crippen LogP contribution in [0.25, 0.3) is 11.1 Å². The summed E-state index contributed by atoms with van der Waals surface area (Å²) < 4.78 is 27.1. The average Bonchev–Trinajstić information content (AvgIpc) is 2.44. The molecule has 0 saturated carbocycles. The number of aryl methyl sites for hydroxylation is 1. The molecule has 1 atom stereocenters. The second-order valence-electron chi connectivity index (χ2n) is 5.17. The normalized spacial score (nSPS) is 12.4. The van der Waals surface area contributed by atoms with Crippen molar-refractivity contribution in [3.8, 4) is 11.1 Å². The monoisotopic (exact) mass is 275 g/mol. The van der Waals surface area contributed by atoms with Crippen molar-refractivity contribution in [3.05, 3.63) is 59.2 Å². The number of likely N-dealkylation sites (N-methyl/N-ethyl adjacent to an activating group) is 1. The zero-order valence-electron chi connectivity index (χ0n) is 12.0. The lowest BCUT2D eigenvalue weighted by atomic mass is 9.99. The molecule has 3 heteroatoms. The lowest BCUT2D eigenvalue weighted by Crippen LogP contribution is -2.23. The van der Waals surface area contributed by atoms with E-state index in [-0.39, 0.29) is 0 Å². The third kappa shape index (κ3) is 3.23. The first kappa shape index (κ1) is 14.7. The van der Waals surface area contributed by atoms with Crippen molar-refractivity contribution in [2.45, 2.75) is 26.3 Å². The molecule has 2 aromatic rings. The van der Waals surface area contributed by atoms with Crippen molar-refractivity contribution in [2.75, 3.05) is 7.05 Å². The van der Waals surface area contributed by atoms with E-state index < -0.39 is 11.6 Å². The van der Waals surface area contributed by atoms with Gasteiger partial charge in [0.25, 0.3) is 0 Å². The Balaban J connectivity index is 2.28. The van der Waals surface area contributed by atoms with E-state index in [0.29, 0.717) is 17.2 Å². The molecule has 0 bridgehead atoms. The maximum absolute atomic E-state index is 13.8. The lowest BCUT2D eigenvalue weighted by molar-refractivity contribution is 0.579. The van der Waals surface area contributed by atoms with Gasteiger partial charge in [-0.2, -0.15) is 0 Å². The highest BCUT2D eigenvalue weighted by Gasteiger charge is 2.09. The molecule has 0 aliphatic rings. The van der Waals surface area contributed by atoms with Crippen LogP contribution in [0.2, 0.25) is 0 Å². The Morgan fingerprint density at radius 3 is 2.30 bits per heavy atom. The van der Waals surface area contributed by atoms with Gasteiger partial charge in [0.1, 0.15) is 11.6 Å². The molecule has 2 aromatic carbocycles.